The van der Waals surface area contributed by atoms with Gasteiger partial charge >= 0.3 is 5.97 Å². The molecule has 1 heterocycles. The average Bonchev–Trinajstić information content (AvgIpc) is 2.99. The number of carbonyl (C=O) groups is 1. The van der Waals surface area contributed by atoms with E-state index in [0.717, 1.165) is 0 Å². The van der Waals surface area contributed by atoms with Crippen molar-refractivity contribution in [3.05, 3.63) is 69.8 Å². The van der Waals surface area contributed by atoms with E-state index in [1.165, 1.54) is 40.7 Å². The Bertz CT molecular complexity index is 923. The first-order valence-corrected chi connectivity index (χ1v) is 9.49. The molecule has 8 nitrogen and oxygen atoms in total. The van der Waals surface area contributed by atoms with Crippen molar-refractivity contribution in [2.24, 2.45) is 0 Å². The second kappa shape index (κ2) is 7.12. The summed E-state index contributed by atoms with van der Waals surface area (Å²) in [6.45, 7) is 0.422. The zero-order valence-electron chi connectivity index (χ0n) is 13.7. The van der Waals surface area contributed by atoms with Crippen LogP contribution in [0.4, 0.5) is 11.4 Å². The number of nitrogens with zero attached hydrogens (tertiary/aromatic N) is 2. The highest BCUT2D eigenvalue weighted by molar-refractivity contribution is 7.93. The van der Waals surface area contributed by atoms with Crippen LogP contribution < -0.4 is 4.31 Å². The van der Waals surface area contributed by atoms with Gasteiger partial charge in [0.1, 0.15) is 6.61 Å². The van der Waals surface area contributed by atoms with Gasteiger partial charge in [-0.2, -0.15) is 0 Å². The fourth-order valence-electron chi connectivity index (χ4n) is 2.64. The summed E-state index contributed by atoms with van der Waals surface area (Å²) in [5.41, 5.74) is 1.41. The van der Waals surface area contributed by atoms with E-state index in [0.29, 0.717) is 29.8 Å². The highest BCUT2D eigenvalue weighted by atomic mass is 32.2. The van der Waals surface area contributed by atoms with Crippen LogP contribution in [0.1, 0.15) is 22.3 Å². The van der Waals surface area contributed by atoms with Crippen LogP contribution in [-0.2, 0) is 21.4 Å². The van der Waals surface area contributed by atoms with Crippen LogP contribution in [0.3, 0.4) is 0 Å². The number of carbonyl (C=O) groups excluding carboxylic acids is 1. The average molecular weight is 376 g/mol. The van der Waals surface area contributed by atoms with E-state index in [-0.39, 0.29) is 18.0 Å². The van der Waals surface area contributed by atoms with Gasteiger partial charge in [0.15, 0.2) is 0 Å². The number of nitro groups is 1. The Balaban J connectivity index is 1.62. The molecule has 2 aromatic carbocycles. The quantitative estimate of drug-likeness (QED) is 0.451. The Kier molecular flexibility index (Phi) is 4.90. The lowest BCUT2D eigenvalue weighted by Crippen LogP contribution is -2.25. The fraction of sp³-hybridized carbons (Fsp3) is 0.235. The van der Waals surface area contributed by atoms with Crippen LogP contribution in [0, 0.1) is 10.1 Å². The zero-order valence-corrected chi connectivity index (χ0v) is 14.5. The van der Waals surface area contributed by atoms with Gasteiger partial charge in [-0.1, -0.05) is 0 Å². The van der Waals surface area contributed by atoms with Crippen LogP contribution in [0.2, 0.25) is 0 Å². The van der Waals surface area contributed by atoms with Crippen LogP contribution in [-0.4, -0.2) is 31.6 Å². The van der Waals surface area contributed by atoms with Crippen LogP contribution in [0.15, 0.2) is 48.5 Å². The van der Waals surface area contributed by atoms with Crippen molar-refractivity contribution in [2.45, 2.75) is 13.0 Å². The lowest BCUT2D eigenvalue weighted by molar-refractivity contribution is -0.384. The molecule has 1 fully saturated rings. The van der Waals surface area contributed by atoms with Gasteiger partial charge in [0, 0.05) is 18.7 Å². The molecule has 0 amide bonds. The molecule has 1 aliphatic rings. The number of ether oxygens (including phenoxy) is 1. The third kappa shape index (κ3) is 3.83. The summed E-state index contributed by atoms with van der Waals surface area (Å²) in [5.74, 6) is -0.425. The molecule has 0 spiro atoms. The van der Waals surface area contributed by atoms with E-state index >= 15 is 0 Å². The molecule has 0 aromatic heterocycles. The van der Waals surface area contributed by atoms with Crippen molar-refractivity contribution < 1.29 is 22.9 Å². The smallest absolute Gasteiger partial charge is 0.338 e. The Morgan fingerprint density at radius 1 is 1.12 bits per heavy atom. The normalized spacial score (nSPS) is 15.6. The number of non-ortho nitro benzene ring substituents is 1. The van der Waals surface area contributed by atoms with Gasteiger partial charge in [-0.05, 0) is 48.4 Å². The predicted octanol–water partition coefficient (Wildman–Crippen LogP) is 2.49. The van der Waals surface area contributed by atoms with Gasteiger partial charge in [-0.15, -0.1) is 0 Å². The number of esters is 1. The monoisotopic (exact) mass is 376 g/mol. The number of hydrogen-bond acceptors (Lipinski definition) is 6. The Hall–Kier alpha value is -2.94. The number of sulfonamides is 1. The molecule has 136 valence electrons. The maximum atomic E-state index is 12.1. The molecule has 0 radical (unpaired) electrons. The highest BCUT2D eigenvalue weighted by Gasteiger charge is 2.28. The van der Waals surface area contributed by atoms with Crippen molar-refractivity contribution in [1.82, 2.24) is 0 Å². The summed E-state index contributed by atoms with van der Waals surface area (Å²) in [6, 6.07) is 11.9. The standard InChI is InChI=1S/C17H16N2O6S/c20-17(25-12-13-2-6-16(7-3-13)19(21)22)14-4-8-15(9-5-14)18-10-1-11-26(18,23)24/h2-9H,1,10-12H2. The Morgan fingerprint density at radius 2 is 1.77 bits per heavy atom. The predicted molar refractivity (Wildman–Crippen MR) is 94.4 cm³/mol. The van der Waals surface area contributed by atoms with Crippen molar-refractivity contribution in [3.8, 4) is 0 Å². The minimum Gasteiger partial charge on any atom is -0.457 e. The summed E-state index contributed by atoms with van der Waals surface area (Å²) in [5, 5.41) is 10.6. The summed E-state index contributed by atoms with van der Waals surface area (Å²) in [4.78, 5) is 22.2. The van der Waals surface area contributed by atoms with Gasteiger partial charge in [-0.25, -0.2) is 13.2 Å². The number of anilines is 1. The van der Waals surface area contributed by atoms with E-state index in [1.54, 1.807) is 12.1 Å². The summed E-state index contributed by atoms with van der Waals surface area (Å²) in [7, 11) is -3.26. The zero-order chi connectivity index (χ0) is 18.7. The second-order valence-electron chi connectivity index (χ2n) is 5.79. The Morgan fingerprint density at radius 3 is 2.31 bits per heavy atom. The molecular weight excluding hydrogens is 360 g/mol. The first-order valence-electron chi connectivity index (χ1n) is 7.88. The molecule has 0 atom stereocenters. The lowest BCUT2D eigenvalue weighted by Gasteiger charge is -2.16. The molecular formula is C17H16N2O6S. The summed E-state index contributed by atoms with van der Waals surface area (Å²) >= 11 is 0. The molecule has 0 aliphatic carbocycles. The SMILES string of the molecule is O=C(OCc1ccc([N+](=O)[O-])cc1)c1ccc(N2CCCS2(=O)=O)cc1. The van der Waals surface area contributed by atoms with Crippen LogP contribution >= 0.6 is 0 Å². The largest absolute Gasteiger partial charge is 0.457 e. The fourth-order valence-corrected chi connectivity index (χ4v) is 4.20. The van der Waals surface area contributed by atoms with Gasteiger partial charge in [-0.3, -0.25) is 14.4 Å². The molecule has 0 bridgehead atoms. The summed E-state index contributed by atoms with van der Waals surface area (Å²) in [6.07, 6.45) is 0.585. The van der Waals surface area contributed by atoms with E-state index in [4.69, 9.17) is 4.74 Å². The van der Waals surface area contributed by atoms with E-state index in [9.17, 15) is 23.3 Å². The van der Waals surface area contributed by atoms with E-state index < -0.39 is 20.9 Å². The molecule has 0 saturated carbocycles. The number of hydrogen-bond donors (Lipinski definition) is 0. The maximum Gasteiger partial charge on any atom is 0.338 e. The molecule has 1 saturated heterocycles. The third-order valence-corrected chi connectivity index (χ3v) is 5.88. The minimum atomic E-state index is -3.26. The van der Waals surface area contributed by atoms with E-state index in [1.807, 2.05) is 0 Å². The van der Waals surface area contributed by atoms with Crippen molar-refractivity contribution in [3.63, 3.8) is 0 Å². The molecule has 26 heavy (non-hydrogen) atoms. The van der Waals surface area contributed by atoms with Crippen LogP contribution in [0.25, 0.3) is 0 Å². The molecule has 3 rings (SSSR count). The number of benzene rings is 2. The van der Waals surface area contributed by atoms with Gasteiger partial charge in [0.2, 0.25) is 10.0 Å². The first kappa shape index (κ1) is 17.9. The molecule has 0 N–H and O–H groups in total. The van der Waals surface area contributed by atoms with Gasteiger partial charge in [0.25, 0.3) is 5.69 Å². The van der Waals surface area contributed by atoms with E-state index in [2.05, 4.69) is 0 Å². The lowest BCUT2D eigenvalue weighted by atomic mass is 10.2. The Labute approximate surface area is 150 Å². The molecule has 2 aromatic rings. The second-order valence-corrected chi connectivity index (χ2v) is 7.80. The van der Waals surface area contributed by atoms with Crippen molar-refractivity contribution >= 4 is 27.4 Å². The van der Waals surface area contributed by atoms with Crippen molar-refractivity contribution in [2.75, 3.05) is 16.6 Å². The van der Waals surface area contributed by atoms with Gasteiger partial charge in [0.05, 0.1) is 21.9 Å². The molecule has 0 unspecified atom stereocenters. The third-order valence-electron chi connectivity index (χ3n) is 4.01. The molecule has 9 heteroatoms. The molecule has 1 aliphatic heterocycles. The topological polar surface area (TPSA) is 107 Å². The minimum absolute atomic E-state index is 0.0148. The van der Waals surface area contributed by atoms with Crippen molar-refractivity contribution in [1.29, 1.82) is 0 Å². The van der Waals surface area contributed by atoms with Gasteiger partial charge < -0.3 is 4.74 Å². The highest BCUT2D eigenvalue weighted by Crippen LogP contribution is 2.24. The maximum absolute atomic E-state index is 12.1. The number of nitro benzene ring substituents is 1. The first-order chi connectivity index (χ1) is 12.4. The number of rotatable bonds is 5. The summed E-state index contributed by atoms with van der Waals surface area (Å²) < 4.78 is 30.3. The van der Waals surface area contributed by atoms with Crippen LogP contribution in [0.5, 0.6) is 0 Å².